The molecule has 16 heavy (non-hydrogen) atoms. The number of likely N-dealkylation sites (tertiary alicyclic amines) is 1. The molecule has 0 bridgehead atoms. The molecule has 2 N–H and O–H groups in total. The predicted molar refractivity (Wildman–Crippen MR) is 68.6 cm³/mol. The van der Waals surface area contributed by atoms with E-state index in [4.69, 9.17) is 5.73 Å². The third-order valence-electron chi connectivity index (χ3n) is 3.41. The second-order valence-electron chi connectivity index (χ2n) is 4.70. The van der Waals surface area contributed by atoms with Gasteiger partial charge in [0.1, 0.15) is 0 Å². The van der Waals surface area contributed by atoms with E-state index in [0.717, 1.165) is 19.0 Å². The Balaban J connectivity index is 1.89. The highest BCUT2D eigenvalue weighted by Crippen LogP contribution is 2.22. The van der Waals surface area contributed by atoms with Crippen molar-refractivity contribution in [2.75, 3.05) is 19.6 Å². The molecule has 0 spiro atoms. The fourth-order valence-electron chi connectivity index (χ4n) is 2.30. The molecule has 90 valence electrons. The molecule has 1 aliphatic rings. The fourth-order valence-corrected chi connectivity index (χ4v) is 3.28. The van der Waals surface area contributed by atoms with Gasteiger partial charge in [-0.1, -0.05) is 0 Å². The molecule has 2 rings (SSSR count). The van der Waals surface area contributed by atoms with E-state index in [2.05, 4.69) is 23.7 Å². The van der Waals surface area contributed by atoms with Crippen molar-refractivity contribution in [1.29, 1.82) is 0 Å². The van der Waals surface area contributed by atoms with Crippen LogP contribution in [0.3, 0.4) is 0 Å². The van der Waals surface area contributed by atoms with Crippen LogP contribution >= 0.6 is 11.3 Å². The van der Waals surface area contributed by atoms with Gasteiger partial charge in [0.25, 0.3) is 0 Å². The Hall–Kier alpha value is -0.450. The van der Waals surface area contributed by atoms with Crippen LogP contribution in [-0.4, -0.2) is 29.5 Å². The van der Waals surface area contributed by atoms with Crippen molar-refractivity contribution >= 4 is 11.3 Å². The summed E-state index contributed by atoms with van der Waals surface area (Å²) in [6.45, 7) is 8.52. The van der Waals surface area contributed by atoms with Gasteiger partial charge in [-0.15, -0.1) is 11.3 Å². The molecule has 1 aliphatic heterocycles. The molecule has 0 atom stereocenters. The average molecular weight is 239 g/mol. The van der Waals surface area contributed by atoms with Gasteiger partial charge in [-0.05, 0) is 52.2 Å². The summed E-state index contributed by atoms with van der Waals surface area (Å²) in [4.78, 5) is 8.45. The minimum Gasteiger partial charge on any atom is -0.330 e. The Kier molecular flexibility index (Phi) is 3.95. The van der Waals surface area contributed by atoms with Crippen molar-refractivity contribution in [3.63, 3.8) is 0 Å². The van der Waals surface area contributed by atoms with Crippen LogP contribution in [0.4, 0.5) is 0 Å². The van der Waals surface area contributed by atoms with Crippen LogP contribution in [0.25, 0.3) is 0 Å². The second kappa shape index (κ2) is 5.25. The molecule has 1 aromatic heterocycles. The largest absolute Gasteiger partial charge is 0.330 e. The van der Waals surface area contributed by atoms with E-state index in [-0.39, 0.29) is 0 Å². The number of nitrogens with zero attached hydrogens (tertiary/aromatic N) is 2. The monoisotopic (exact) mass is 239 g/mol. The maximum Gasteiger partial charge on any atom is 0.0900 e. The van der Waals surface area contributed by atoms with Crippen molar-refractivity contribution in [2.24, 2.45) is 11.7 Å². The van der Waals surface area contributed by atoms with Crippen molar-refractivity contribution in [1.82, 2.24) is 9.88 Å². The zero-order valence-electron chi connectivity index (χ0n) is 10.2. The number of piperidine rings is 1. The van der Waals surface area contributed by atoms with Gasteiger partial charge in [0.05, 0.1) is 10.7 Å². The number of hydrogen-bond donors (Lipinski definition) is 1. The molecule has 1 saturated heterocycles. The number of thiazole rings is 1. The summed E-state index contributed by atoms with van der Waals surface area (Å²) in [5.74, 6) is 0.751. The van der Waals surface area contributed by atoms with E-state index in [1.807, 2.05) is 11.3 Å². The van der Waals surface area contributed by atoms with E-state index in [0.29, 0.717) is 0 Å². The topological polar surface area (TPSA) is 42.2 Å². The molecule has 1 fully saturated rings. The number of aromatic nitrogens is 1. The van der Waals surface area contributed by atoms with Crippen molar-refractivity contribution < 1.29 is 0 Å². The van der Waals surface area contributed by atoms with Crippen molar-refractivity contribution in [2.45, 2.75) is 33.2 Å². The highest BCUT2D eigenvalue weighted by Gasteiger charge is 2.19. The van der Waals surface area contributed by atoms with Crippen LogP contribution < -0.4 is 5.73 Å². The smallest absolute Gasteiger partial charge is 0.0900 e. The van der Waals surface area contributed by atoms with Crippen LogP contribution in [-0.2, 0) is 6.54 Å². The van der Waals surface area contributed by atoms with Gasteiger partial charge >= 0.3 is 0 Å². The Labute approximate surface area is 102 Å². The molecule has 0 aromatic carbocycles. The Morgan fingerprint density at radius 2 is 2.06 bits per heavy atom. The first kappa shape index (κ1) is 12.0. The predicted octanol–water partition coefficient (Wildman–Crippen LogP) is 1.93. The van der Waals surface area contributed by atoms with E-state index >= 15 is 0 Å². The number of nitrogens with two attached hydrogens (primary N) is 1. The standard InChI is InChI=1S/C12H21N3S/c1-9-12(16-10(2)14-9)8-15-5-3-11(7-13)4-6-15/h11H,3-8,13H2,1-2H3. The number of hydrogen-bond acceptors (Lipinski definition) is 4. The quantitative estimate of drug-likeness (QED) is 0.876. The Bertz CT molecular complexity index is 340. The van der Waals surface area contributed by atoms with Gasteiger partial charge < -0.3 is 5.73 Å². The van der Waals surface area contributed by atoms with Crippen LogP contribution in [0.2, 0.25) is 0 Å². The van der Waals surface area contributed by atoms with Gasteiger partial charge in [0, 0.05) is 11.4 Å². The minimum atomic E-state index is 0.751. The van der Waals surface area contributed by atoms with Crippen molar-refractivity contribution in [3.8, 4) is 0 Å². The number of rotatable bonds is 3. The molecule has 0 unspecified atom stereocenters. The van der Waals surface area contributed by atoms with Crippen LogP contribution in [0.1, 0.15) is 28.4 Å². The molecular weight excluding hydrogens is 218 g/mol. The summed E-state index contributed by atoms with van der Waals surface area (Å²) in [7, 11) is 0. The molecule has 0 radical (unpaired) electrons. The highest BCUT2D eigenvalue weighted by molar-refractivity contribution is 7.11. The zero-order chi connectivity index (χ0) is 11.5. The summed E-state index contributed by atoms with van der Waals surface area (Å²) < 4.78 is 0. The third kappa shape index (κ3) is 2.81. The molecule has 4 heteroatoms. The SMILES string of the molecule is Cc1nc(C)c(CN2CCC(CN)CC2)s1. The Morgan fingerprint density at radius 1 is 1.38 bits per heavy atom. The first-order valence-electron chi connectivity index (χ1n) is 6.04. The summed E-state index contributed by atoms with van der Waals surface area (Å²) in [5, 5.41) is 1.18. The second-order valence-corrected chi connectivity index (χ2v) is 5.98. The molecule has 0 aliphatic carbocycles. The average Bonchev–Trinajstić information content (AvgIpc) is 2.59. The highest BCUT2D eigenvalue weighted by atomic mass is 32.1. The van der Waals surface area contributed by atoms with Crippen molar-refractivity contribution in [3.05, 3.63) is 15.6 Å². The van der Waals surface area contributed by atoms with Gasteiger partial charge in [-0.2, -0.15) is 0 Å². The molecule has 0 saturated carbocycles. The lowest BCUT2D eigenvalue weighted by atomic mass is 9.97. The normalized spacial score (nSPS) is 19.2. The molecule has 1 aromatic rings. The van der Waals surface area contributed by atoms with E-state index < -0.39 is 0 Å². The summed E-state index contributed by atoms with van der Waals surface area (Å²) in [6.07, 6.45) is 2.51. The van der Waals surface area contributed by atoms with E-state index in [9.17, 15) is 0 Å². The summed E-state index contributed by atoms with van der Waals surface area (Å²) in [6, 6.07) is 0. The Morgan fingerprint density at radius 3 is 2.56 bits per heavy atom. The first-order chi connectivity index (χ1) is 7.69. The van der Waals surface area contributed by atoms with Gasteiger partial charge in [-0.3, -0.25) is 4.90 Å². The van der Waals surface area contributed by atoms with Crippen LogP contribution in [0.15, 0.2) is 0 Å². The minimum absolute atomic E-state index is 0.751. The molecule has 2 heterocycles. The summed E-state index contributed by atoms with van der Waals surface area (Å²) in [5.41, 5.74) is 6.91. The van der Waals surface area contributed by atoms with Crippen LogP contribution in [0.5, 0.6) is 0 Å². The van der Waals surface area contributed by atoms with E-state index in [1.165, 1.54) is 41.5 Å². The van der Waals surface area contributed by atoms with Gasteiger partial charge in [0.15, 0.2) is 0 Å². The number of aryl methyl sites for hydroxylation is 2. The molecule has 3 nitrogen and oxygen atoms in total. The lowest BCUT2D eigenvalue weighted by Crippen LogP contribution is -2.35. The maximum absolute atomic E-state index is 5.70. The molecule has 0 amide bonds. The zero-order valence-corrected chi connectivity index (χ0v) is 11.0. The molecular formula is C12H21N3S. The fraction of sp³-hybridized carbons (Fsp3) is 0.750. The van der Waals surface area contributed by atoms with Gasteiger partial charge in [0.2, 0.25) is 0 Å². The van der Waals surface area contributed by atoms with Crippen LogP contribution in [0, 0.1) is 19.8 Å². The first-order valence-corrected chi connectivity index (χ1v) is 6.86. The lowest BCUT2D eigenvalue weighted by Gasteiger charge is -2.30. The lowest BCUT2D eigenvalue weighted by molar-refractivity contribution is 0.181. The maximum atomic E-state index is 5.70. The third-order valence-corrected chi connectivity index (χ3v) is 4.46. The van der Waals surface area contributed by atoms with E-state index in [1.54, 1.807) is 0 Å². The van der Waals surface area contributed by atoms with Gasteiger partial charge in [-0.25, -0.2) is 4.98 Å². The summed E-state index contributed by atoms with van der Waals surface area (Å²) >= 11 is 1.84.